The Morgan fingerprint density at radius 3 is 2.06 bits per heavy atom. The summed E-state index contributed by atoms with van der Waals surface area (Å²) < 4.78 is 51.7. The summed E-state index contributed by atoms with van der Waals surface area (Å²) in [5.74, 6) is -6.70. The molecule has 0 aromatic carbocycles. The number of aromatic nitrogens is 1. The predicted molar refractivity (Wildman–Crippen MR) is 53.5 cm³/mol. The third-order valence-corrected chi connectivity index (χ3v) is 2.41. The van der Waals surface area contributed by atoms with Crippen LogP contribution < -0.4 is 5.32 Å². The molecule has 3 nitrogen and oxygen atoms in total. The van der Waals surface area contributed by atoms with Crippen LogP contribution in [-0.4, -0.2) is 22.2 Å². The first kappa shape index (κ1) is 13.7. The van der Waals surface area contributed by atoms with Gasteiger partial charge in [-0.2, -0.15) is 22.5 Å². The number of pyridine rings is 1. The summed E-state index contributed by atoms with van der Waals surface area (Å²) in [6.45, 7) is 2.83. The van der Waals surface area contributed by atoms with Crippen molar-refractivity contribution < 1.29 is 22.7 Å². The molecule has 1 unspecified atom stereocenters. The molecule has 7 heteroatoms. The van der Waals surface area contributed by atoms with Crippen LogP contribution in [0.4, 0.5) is 23.2 Å². The van der Waals surface area contributed by atoms with Gasteiger partial charge in [0.1, 0.15) is 5.69 Å². The molecule has 0 aliphatic heterocycles. The van der Waals surface area contributed by atoms with E-state index >= 15 is 0 Å². The van der Waals surface area contributed by atoms with Gasteiger partial charge in [-0.05, 0) is 13.3 Å². The quantitative estimate of drug-likeness (QED) is 0.638. The summed E-state index contributed by atoms with van der Waals surface area (Å²) in [5.41, 5.74) is -2.21. The lowest BCUT2D eigenvalue weighted by molar-refractivity contribution is 0.0695. The van der Waals surface area contributed by atoms with Crippen LogP contribution in [-0.2, 0) is 0 Å². The van der Waals surface area contributed by atoms with Crippen molar-refractivity contribution in [2.45, 2.75) is 25.9 Å². The molecule has 1 aromatic heterocycles. The van der Waals surface area contributed by atoms with Crippen molar-refractivity contribution in [3.63, 3.8) is 0 Å². The summed E-state index contributed by atoms with van der Waals surface area (Å²) in [5, 5.41) is 11.7. The average Bonchev–Trinajstić information content (AvgIpc) is 2.26. The molecule has 0 bridgehead atoms. The van der Waals surface area contributed by atoms with Crippen LogP contribution in [0.25, 0.3) is 0 Å². The summed E-state index contributed by atoms with van der Waals surface area (Å²) in [4.78, 5) is 2.41. The number of halogens is 4. The van der Waals surface area contributed by atoms with Gasteiger partial charge in [0, 0.05) is 6.54 Å². The van der Waals surface area contributed by atoms with Gasteiger partial charge >= 0.3 is 0 Å². The van der Waals surface area contributed by atoms with Crippen molar-refractivity contribution in [2.24, 2.45) is 0 Å². The lowest BCUT2D eigenvalue weighted by atomic mass is 10.0. The fourth-order valence-corrected chi connectivity index (χ4v) is 1.05. The standard InChI is InChI=1S/C10H12F4N2O/c1-3-10(2,17)4-15-7-5(11)8(13)16-9(14)6(7)12/h17H,3-4H2,1-2H3,(H,15,16). The molecular formula is C10H12F4N2O. The fourth-order valence-electron chi connectivity index (χ4n) is 1.05. The molecule has 0 aliphatic carbocycles. The zero-order valence-corrected chi connectivity index (χ0v) is 9.32. The molecule has 1 rings (SSSR count). The summed E-state index contributed by atoms with van der Waals surface area (Å²) in [6, 6.07) is 0. The molecule has 0 saturated heterocycles. The monoisotopic (exact) mass is 252 g/mol. The second kappa shape index (κ2) is 4.87. The maximum absolute atomic E-state index is 13.1. The van der Waals surface area contributed by atoms with Crippen molar-refractivity contribution in [3.05, 3.63) is 23.5 Å². The Labute approximate surface area is 95.5 Å². The van der Waals surface area contributed by atoms with Gasteiger partial charge in [0.2, 0.25) is 11.6 Å². The second-order valence-corrected chi connectivity index (χ2v) is 3.90. The number of hydrogen-bond donors (Lipinski definition) is 2. The topological polar surface area (TPSA) is 45.1 Å². The maximum atomic E-state index is 13.1. The Kier molecular flexibility index (Phi) is 3.92. The number of nitrogens with zero attached hydrogens (tertiary/aromatic N) is 1. The number of anilines is 1. The SMILES string of the molecule is CCC(C)(O)CNc1c(F)c(F)nc(F)c1F. The molecule has 0 amide bonds. The molecule has 2 N–H and O–H groups in total. The summed E-state index contributed by atoms with van der Waals surface area (Å²) >= 11 is 0. The smallest absolute Gasteiger partial charge is 0.253 e. The lowest BCUT2D eigenvalue weighted by Crippen LogP contribution is -2.33. The third kappa shape index (κ3) is 3.06. The van der Waals surface area contributed by atoms with Gasteiger partial charge in [-0.1, -0.05) is 6.92 Å². The van der Waals surface area contributed by atoms with E-state index in [1.54, 1.807) is 6.92 Å². The van der Waals surface area contributed by atoms with E-state index in [0.717, 1.165) is 0 Å². The molecule has 1 atom stereocenters. The van der Waals surface area contributed by atoms with E-state index in [4.69, 9.17) is 0 Å². The number of aliphatic hydroxyl groups is 1. The van der Waals surface area contributed by atoms with Gasteiger partial charge in [-0.15, -0.1) is 0 Å². The molecule has 0 fully saturated rings. The van der Waals surface area contributed by atoms with E-state index in [9.17, 15) is 22.7 Å². The number of rotatable bonds is 4. The maximum Gasteiger partial charge on any atom is 0.253 e. The molecule has 0 radical (unpaired) electrons. The lowest BCUT2D eigenvalue weighted by Gasteiger charge is -2.22. The minimum atomic E-state index is -1.73. The Morgan fingerprint density at radius 2 is 1.65 bits per heavy atom. The minimum absolute atomic E-state index is 0.250. The van der Waals surface area contributed by atoms with Crippen molar-refractivity contribution in [2.75, 3.05) is 11.9 Å². The molecule has 0 saturated carbocycles. The van der Waals surface area contributed by atoms with E-state index in [1.165, 1.54) is 6.92 Å². The Balaban J connectivity index is 2.99. The average molecular weight is 252 g/mol. The van der Waals surface area contributed by atoms with Crippen LogP contribution in [0.3, 0.4) is 0 Å². The third-order valence-electron chi connectivity index (χ3n) is 2.41. The molecule has 1 aromatic rings. The second-order valence-electron chi connectivity index (χ2n) is 3.90. The highest BCUT2D eigenvalue weighted by molar-refractivity contribution is 5.45. The van der Waals surface area contributed by atoms with Crippen LogP contribution in [0.2, 0.25) is 0 Å². The zero-order chi connectivity index (χ0) is 13.2. The van der Waals surface area contributed by atoms with Crippen LogP contribution in [0.15, 0.2) is 0 Å². The molecule has 17 heavy (non-hydrogen) atoms. The van der Waals surface area contributed by atoms with E-state index in [0.29, 0.717) is 6.42 Å². The van der Waals surface area contributed by atoms with Crippen LogP contribution in [0.5, 0.6) is 0 Å². The Morgan fingerprint density at radius 1 is 1.18 bits per heavy atom. The van der Waals surface area contributed by atoms with Gasteiger partial charge < -0.3 is 10.4 Å². The Hall–Kier alpha value is -1.37. The van der Waals surface area contributed by atoms with Crippen molar-refractivity contribution in [1.82, 2.24) is 4.98 Å². The predicted octanol–water partition coefficient (Wildman–Crippen LogP) is 2.21. The van der Waals surface area contributed by atoms with Gasteiger partial charge in [0.25, 0.3) is 11.9 Å². The van der Waals surface area contributed by atoms with E-state index in [2.05, 4.69) is 10.3 Å². The van der Waals surface area contributed by atoms with Crippen LogP contribution in [0.1, 0.15) is 20.3 Å². The first-order chi connectivity index (χ1) is 7.78. The minimum Gasteiger partial charge on any atom is -0.388 e. The van der Waals surface area contributed by atoms with Crippen molar-refractivity contribution in [1.29, 1.82) is 0 Å². The van der Waals surface area contributed by atoms with Crippen LogP contribution >= 0.6 is 0 Å². The number of hydrogen-bond acceptors (Lipinski definition) is 3. The molecule has 0 aliphatic rings. The highest BCUT2D eigenvalue weighted by Gasteiger charge is 2.23. The summed E-state index contributed by atoms with van der Waals surface area (Å²) in [6.07, 6.45) is 0.305. The molecule has 0 spiro atoms. The van der Waals surface area contributed by atoms with E-state index in [-0.39, 0.29) is 6.54 Å². The molecule has 1 heterocycles. The van der Waals surface area contributed by atoms with E-state index < -0.39 is 34.8 Å². The largest absolute Gasteiger partial charge is 0.388 e. The van der Waals surface area contributed by atoms with Gasteiger partial charge in [0.05, 0.1) is 5.60 Å². The fraction of sp³-hybridized carbons (Fsp3) is 0.500. The molecule has 96 valence electrons. The van der Waals surface area contributed by atoms with Gasteiger partial charge in [-0.3, -0.25) is 0 Å². The van der Waals surface area contributed by atoms with E-state index in [1.807, 2.05) is 0 Å². The van der Waals surface area contributed by atoms with Crippen molar-refractivity contribution >= 4 is 5.69 Å². The zero-order valence-electron chi connectivity index (χ0n) is 9.32. The number of nitrogens with one attached hydrogen (secondary N) is 1. The van der Waals surface area contributed by atoms with Gasteiger partial charge in [0.15, 0.2) is 0 Å². The van der Waals surface area contributed by atoms with Gasteiger partial charge in [-0.25, -0.2) is 0 Å². The first-order valence-electron chi connectivity index (χ1n) is 4.94. The first-order valence-corrected chi connectivity index (χ1v) is 4.94. The highest BCUT2D eigenvalue weighted by atomic mass is 19.2. The molecular weight excluding hydrogens is 240 g/mol. The Bertz CT molecular complexity index is 397. The normalized spacial score (nSPS) is 14.5. The summed E-state index contributed by atoms with van der Waals surface area (Å²) in [7, 11) is 0. The highest BCUT2D eigenvalue weighted by Crippen LogP contribution is 2.23. The van der Waals surface area contributed by atoms with Crippen molar-refractivity contribution in [3.8, 4) is 0 Å². The van der Waals surface area contributed by atoms with Crippen LogP contribution in [0, 0.1) is 23.5 Å².